The van der Waals surface area contributed by atoms with Gasteiger partial charge in [-0.05, 0) is 54.8 Å². The fourth-order valence-corrected chi connectivity index (χ4v) is 3.36. The second-order valence-electron chi connectivity index (χ2n) is 7.70. The Hall–Kier alpha value is -3.20. The first-order valence-electron chi connectivity index (χ1n) is 11.2. The Kier molecular flexibility index (Phi) is 10.7. The minimum absolute atomic E-state index is 0.111. The first kappa shape index (κ1) is 27.0. The summed E-state index contributed by atoms with van der Waals surface area (Å²) in [7, 11) is -3.09. The van der Waals surface area contributed by atoms with Crippen LogP contribution in [0, 0.1) is 0 Å². The van der Waals surface area contributed by atoms with Crippen LogP contribution in [0.15, 0.2) is 48.2 Å². The molecule has 2 aromatic rings. The summed E-state index contributed by atoms with van der Waals surface area (Å²) in [5.74, 6) is -0.255. The van der Waals surface area contributed by atoms with Gasteiger partial charge in [-0.2, -0.15) is 0 Å². The number of hydrogen-bond donors (Lipinski definition) is 2. The van der Waals surface area contributed by atoms with Crippen LogP contribution in [0.4, 0.5) is 5.69 Å². The molecule has 0 aliphatic rings. The van der Waals surface area contributed by atoms with Crippen molar-refractivity contribution >= 4 is 27.6 Å². The zero-order chi connectivity index (χ0) is 25.0. The Bertz CT molecular complexity index is 1060. The van der Waals surface area contributed by atoms with Crippen LogP contribution in [0.25, 0.3) is 6.08 Å². The zero-order valence-corrected chi connectivity index (χ0v) is 20.7. The Morgan fingerprint density at radius 2 is 1.74 bits per heavy atom. The van der Waals surface area contributed by atoms with E-state index in [4.69, 9.17) is 14.2 Å². The van der Waals surface area contributed by atoms with Crippen molar-refractivity contribution in [3.63, 3.8) is 0 Å². The molecule has 0 atom stereocenters. The summed E-state index contributed by atoms with van der Waals surface area (Å²) in [5, 5.41) is 12.2. The number of carbonyl (C=O) groups is 1. The summed E-state index contributed by atoms with van der Waals surface area (Å²) in [6.07, 6.45) is 5.16. The van der Waals surface area contributed by atoms with Crippen molar-refractivity contribution in [3.8, 4) is 11.5 Å². The van der Waals surface area contributed by atoms with Gasteiger partial charge in [0.1, 0.15) is 5.88 Å². The quantitative estimate of drug-likeness (QED) is 0.215. The van der Waals surface area contributed by atoms with Crippen molar-refractivity contribution in [1.29, 1.82) is 0 Å². The molecular weight excluding hydrogens is 458 g/mol. The van der Waals surface area contributed by atoms with Crippen LogP contribution in [0.3, 0.4) is 0 Å². The molecule has 0 amide bonds. The van der Waals surface area contributed by atoms with Gasteiger partial charge < -0.3 is 24.6 Å². The van der Waals surface area contributed by atoms with Crippen LogP contribution < -0.4 is 14.8 Å². The standard InChI is InChI=1S/C25H33NO7S/c1-4-6-14-32-23-16-20(17-24(25(27)28)31-5-2)9-12-22(23)33-15-13-19-7-10-21(11-8-19)26-18-34(3,29)30/h7-12,16-17,26H,4-6,13-15,18H2,1-3H3,(H,27,28)/b24-17-. The first-order valence-corrected chi connectivity index (χ1v) is 13.3. The molecule has 0 saturated heterocycles. The van der Waals surface area contributed by atoms with E-state index in [1.54, 1.807) is 25.1 Å². The van der Waals surface area contributed by atoms with E-state index in [9.17, 15) is 18.3 Å². The molecule has 0 aliphatic carbocycles. The van der Waals surface area contributed by atoms with Crippen LogP contribution >= 0.6 is 0 Å². The Morgan fingerprint density at radius 1 is 1.03 bits per heavy atom. The molecule has 9 heteroatoms. The Labute approximate surface area is 201 Å². The number of rotatable bonds is 15. The largest absolute Gasteiger partial charge is 0.490 e. The molecule has 2 aromatic carbocycles. The number of aliphatic carboxylic acids is 1. The molecule has 0 radical (unpaired) electrons. The predicted molar refractivity (Wildman–Crippen MR) is 133 cm³/mol. The lowest BCUT2D eigenvalue weighted by Gasteiger charge is -2.14. The second kappa shape index (κ2) is 13.5. The van der Waals surface area contributed by atoms with Crippen molar-refractivity contribution in [1.82, 2.24) is 0 Å². The van der Waals surface area contributed by atoms with E-state index in [0.29, 0.717) is 36.7 Å². The number of carboxylic acids is 1. The number of benzene rings is 2. The second-order valence-corrected chi connectivity index (χ2v) is 9.84. The monoisotopic (exact) mass is 491 g/mol. The van der Waals surface area contributed by atoms with E-state index in [2.05, 4.69) is 12.2 Å². The summed E-state index contributed by atoms with van der Waals surface area (Å²) < 4.78 is 39.6. The lowest BCUT2D eigenvalue weighted by Crippen LogP contribution is -2.12. The van der Waals surface area contributed by atoms with Crippen LogP contribution in [-0.2, 0) is 25.8 Å². The number of hydrogen-bond acceptors (Lipinski definition) is 7. The highest BCUT2D eigenvalue weighted by Crippen LogP contribution is 2.30. The average molecular weight is 492 g/mol. The molecule has 8 nitrogen and oxygen atoms in total. The van der Waals surface area contributed by atoms with Crippen molar-refractivity contribution < 1.29 is 32.5 Å². The van der Waals surface area contributed by atoms with Gasteiger partial charge in [-0.3, -0.25) is 0 Å². The molecule has 2 rings (SSSR count). The van der Waals surface area contributed by atoms with Gasteiger partial charge in [0.25, 0.3) is 0 Å². The third-order valence-electron chi connectivity index (χ3n) is 4.67. The van der Waals surface area contributed by atoms with E-state index >= 15 is 0 Å². The van der Waals surface area contributed by atoms with E-state index in [1.165, 1.54) is 12.3 Å². The number of nitrogens with one attached hydrogen (secondary N) is 1. The smallest absolute Gasteiger partial charge is 0.371 e. The molecule has 0 aliphatic heterocycles. The minimum atomic E-state index is -3.09. The Balaban J connectivity index is 2.05. The number of sulfone groups is 1. The van der Waals surface area contributed by atoms with Gasteiger partial charge in [-0.1, -0.05) is 31.5 Å². The highest BCUT2D eigenvalue weighted by Gasteiger charge is 2.11. The minimum Gasteiger partial charge on any atom is -0.490 e. The van der Waals surface area contributed by atoms with Gasteiger partial charge in [0.2, 0.25) is 5.76 Å². The molecule has 0 spiro atoms. The normalized spacial score (nSPS) is 11.7. The third-order valence-corrected chi connectivity index (χ3v) is 5.34. The van der Waals surface area contributed by atoms with Crippen LogP contribution in [-0.4, -0.2) is 51.4 Å². The third kappa shape index (κ3) is 9.74. The molecule has 0 bridgehead atoms. The van der Waals surface area contributed by atoms with E-state index in [-0.39, 0.29) is 18.2 Å². The van der Waals surface area contributed by atoms with Gasteiger partial charge >= 0.3 is 5.97 Å². The summed E-state index contributed by atoms with van der Waals surface area (Å²) >= 11 is 0. The highest BCUT2D eigenvalue weighted by molar-refractivity contribution is 7.90. The number of anilines is 1. The van der Waals surface area contributed by atoms with E-state index in [1.807, 2.05) is 24.3 Å². The molecule has 186 valence electrons. The molecule has 0 heterocycles. The van der Waals surface area contributed by atoms with Crippen molar-refractivity contribution in [2.75, 3.05) is 37.3 Å². The van der Waals surface area contributed by atoms with Crippen LogP contribution in [0.2, 0.25) is 0 Å². The predicted octanol–water partition coefficient (Wildman–Crippen LogP) is 4.36. The van der Waals surface area contributed by atoms with Gasteiger partial charge in [-0.25, -0.2) is 13.2 Å². The molecule has 0 aromatic heterocycles. The van der Waals surface area contributed by atoms with Crippen LogP contribution in [0.1, 0.15) is 37.8 Å². The molecule has 0 fully saturated rings. The van der Waals surface area contributed by atoms with Gasteiger partial charge in [0.05, 0.1) is 19.8 Å². The maximum Gasteiger partial charge on any atom is 0.371 e. The van der Waals surface area contributed by atoms with E-state index in [0.717, 1.165) is 24.1 Å². The molecular formula is C25H33NO7S. The van der Waals surface area contributed by atoms with Gasteiger partial charge in [0, 0.05) is 18.4 Å². The average Bonchev–Trinajstić information content (AvgIpc) is 2.79. The summed E-state index contributed by atoms with van der Waals surface area (Å²) in [6, 6.07) is 12.8. The summed E-state index contributed by atoms with van der Waals surface area (Å²) in [4.78, 5) is 11.4. The van der Waals surface area contributed by atoms with Crippen LogP contribution in [0.5, 0.6) is 11.5 Å². The number of ether oxygens (including phenoxy) is 3. The first-order chi connectivity index (χ1) is 16.2. The van der Waals surface area contributed by atoms with Crippen molar-refractivity contribution in [3.05, 3.63) is 59.4 Å². The molecule has 0 unspecified atom stereocenters. The summed E-state index contributed by atoms with van der Waals surface area (Å²) in [6.45, 7) is 5.00. The fourth-order valence-electron chi connectivity index (χ4n) is 2.93. The van der Waals surface area contributed by atoms with E-state index < -0.39 is 15.8 Å². The topological polar surface area (TPSA) is 111 Å². The van der Waals surface area contributed by atoms with Gasteiger partial charge in [-0.15, -0.1) is 0 Å². The molecule has 2 N–H and O–H groups in total. The maximum atomic E-state index is 11.4. The zero-order valence-electron chi connectivity index (χ0n) is 19.9. The highest BCUT2D eigenvalue weighted by atomic mass is 32.2. The van der Waals surface area contributed by atoms with Gasteiger partial charge in [0.15, 0.2) is 21.3 Å². The number of unbranched alkanes of at least 4 members (excludes halogenated alkanes) is 1. The van der Waals surface area contributed by atoms with Crippen molar-refractivity contribution in [2.24, 2.45) is 0 Å². The lowest BCUT2D eigenvalue weighted by atomic mass is 10.1. The molecule has 34 heavy (non-hydrogen) atoms. The SMILES string of the molecule is CCCCOc1cc(/C=C(\OCC)C(=O)O)ccc1OCCc1ccc(NCS(C)(=O)=O)cc1. The summed E-state index contributed by atoms with van der Waals surface area (Å²) in [5.41, 5.74) is 2.42. The number of carboxylic acid groups (broad SMARTS) is 1. The Morgan fingerprint density at radius 3 is 2.35 bits per heavy atom. The fraction of sp³-hybridized carbons (Fsp3) is 0.400. The maximum absolute atomic E-state index is 11.4. The lowest BCUT2D eigenvalue weighted by molar-refractivity contribution is -0.136. The molecule has 0 saturated carbocycles. The van der Waals surface area contributed by atoms with Crippen molar-refractivity contribution in [2.45, 2.75) is 33.1 Å².